The first kappa shape index (κ1) is 31.6. The molecule has 0 spiro atoms. The normalized spacial score (nSPS) is 14.0. The van der Waals surface area contributed by atoms with Crippen molar-refractivity contribution in [2.24, 2.45) is 0 Å². The molecule has 0 atom stereocenters. The fourth-order valence-corrected chi connectivity index (χ4v) is 4.80. The summed E-state index contributed by atoms with van der Waals surface area (Å²) < 4.78 is 0. The summed E-state index contributed by atoms with van der Waals surface area (Å²) in [4.78, 5) is 0. The van der Waals surface area contributed by atoms with Gasteiger partial charge in [-0.05, 0) is 34.3 Å². The van der Waals surface area contributed by atoms with E-state index in [1.165, 1.54) is 44.5 Å². The molecule has 0 unspecified atom stereocenters. The Kier molecular flexibility index (Phi) is 11.4. The summed E-state index contributed by atoms with van der Waals surface area (Å²) in [6.45, 7) is 20.8. The molecule has 2 aliphatic rings. The SMILES string of the molecule is CCc1c2c([c-]c(C(C)(C)C)c1C1C=CC=C1)Cc1cc(C(C)(C)C)ccc1-2.C[Si](C)=[Zr+2].[Cl-].[Cl-]. The summed E-state index contributed by atoms with van der Waals surface area (Å²) >= 11 is 1.74. The van der Waals surface area contributed by atoms with Gasteiger partial charge in [-0.15, -0.1) is 22.3 Å². The van der Waals surface area contributed by atoms with Gasteiger partial charge in [0, 0.05) is 0 Å². The van der Waals surface area contributed by atoms with Crippen LogP contribution in [0.15, 0.2) is 42.5 Å². The fraction of sp³-hybridized carbons (Fsp3) is 0.467. The predicted molar refractivity (Wildman–Crippen MR) is 139 cm³/mol. The molecule has 0 amide bonds. The first-order valence-corrected chi connectivity index (χ1v) is 18.1. The summed E-state index contributed by atoms with van der Waals surface area (Å²) in [5, 5.41) is 0. The second kappa shape index (κ2) is 12.2. The molecule has 34 heavy (non-hydrogen) atoms. The summed E-state index contributed by atoms with van der Waals surface area (Å²) in [6, 6.07) is 11.1. The number of halogens is 2. The van der Waals surface area contributed by atoms with Crippen molar-refractivity contribution in [3.8, 4) is 11.1 Å². The van der Waals surface area contributed by atoms with Gasteiger partial charge in [0.05, 0.1) is 0 Å². The van der Waals surface area contributed by atoms with Crippen LogP contribution in [0.1, 0.15) is 87.8 Å². The standard InChI is InChI=1S/C28H33.C2H6Si.2ClH.Zr/c1-8-22-25-20(15-19-16-21(27(2,3)4)13-14-23(19)25)17-24(28(5,6)7)26(22)18-11-9-10-12-18;1-3-2;;;/h9-14,16,18H,8,15H2,1-7H3;1-2H3;2*1H;/q-1;;;;+2/p-2. The molecule has 0 aromatic heterocycles. The van der Waals surface area contributed by atoms with Crippen LogP contribution in [-0.4, -0.2) is 5.43 Å². The number of allylic oxidation sites excluding steroid dienone is 4. The molecule has 2 aliphatic carbocycles. The van der Waals surface area contributed by atoms with E-state index in [0.29, 0.717) is 5.92 Å². The van der Waals surface area contributed by atoms with Crippen LogP contribution < -0.4 is 24.8 Å². The number of hydrogen-bond donors (Lipinski definition) is 0. The smallest absolute Gasteiger partial charge is 1.00 e. The summed E-state index contributed by atoms with van der Waals surface area (Å²) in [5.41, 5.74) is 12.1. The number of rotatable bonds is 2. The van der Waals surface area contributed by atoms with E-state index in [1.807, 2.05) is 0 Å². The average Bonchev–Trinajstić information content (AvgIpc) is 3.31. The number of benzene rings is 2. The van der Waals surface area contributed by atoms with Gasteiger partial charge >= 0.3 is 41.9 Å². The summed E-state index contributed by atoms with van der Waals surface area (Å²) in [5.74, 6) is 0.378. The Morgan fingerprint density at radius 2 is 1.53 bits per heavy atom. The molecule has 182 valence electrons. The van der Waals surface area contributed by atoms with Crippen LogP contribution in [0, 0.1) is 6.07 Å². The minimum Gasteiger partial charge on any atom is -1.00 e. The maximum atomic E-state index is 3.92. The molecule has 2 aromatic carbocycles. The minimum absolute atomic E-state index is 0. The van der Waals surface area contributed by atoms with E-state index in [9.17, 15) is 0 Å². The van der Waals surface area contributed by atoms with Gasteiger partial charge in [0.2, 0.25) is 0 Å². The van der Waals surface area contributed by atoms with Crippen molar-refractivity contribution in [2.45, 2.75) is 91.1 Å². The monoisotopic (exact) mass is 587 g/mol. The maximum Gasteiger partial charge on any atom is -1.00 e. The van der Waals surface area contributed by atoms with E-state index in [4.69, 9.17) is 0 Å². The van der Waals surface area contributed by atoms with Crippen LogP contribution in [-0.2, 0) is 47.0 Å². The van der Waals surface area contributed by atoms with Crippen molar-refractivity contribution in [1.82, 2.24) is 0 Å². The number of fused-ring (bicyclic) bond motifs is 3. The van der Waals surface area contributed by atoms with E-state index in [1.54, 1.807) is 23.3 Å². The Morgan fingerprint density at radius 1 is 0.971 bits per heavy atom. The van der Waals surface area contributed by atoms with E-state index in [2.05, 4.69) is 110 Å². The van der Waals surface area contributed by atoms with Crippen LogP contribution in [0.2, 0.25) is 13.1 Å². The van der Waals surface area contributed by atoms with Crippen LogP contribution in [0.4, 0.5) is 0 Å². The Labute approximate surface area is 236 Å². The second-order valence-electron chi connectivity index (χ2n) is 11.4. The van der Waals surface area contributed by atoms with E-state index in [0.717, 1.165) is 12.8 Å². The number of hydrogen-bond acceptors (Lipinski definition) is 0. The summed E-state index contributed by atoms with van der Waals surface area (Å²) in [7, 11) is 0. The molecule has 0 saturated heterocycles. The van der Waals surface area contributed by atoms with Gasteiger partial charge in [0.25, 0.3) is 0 Å². The molecule has 0 heterocycles. The minimum atomic E-state index is 0. The zero-order valence-electron chi connectivity index (χ0n) is 22.3. The Bertz CT molecular complexity index is 1080. The van der Waals surface area contributed by atoms with Gasteiger partial charge in [0.15, 0.2) is 0 Å². The Hall–Kier alpha value is -0.400. The molecule has 0 bridgehead atoms. The molecular weight excluding hydrogens is 551 g/mol. The van der Waals surface area contributed by atoms with Crippen molar-refractivity contribution in [3.63, 3.8) is 0 Å². The van der Waals surface area contributed by atoms with Crippen LogP contribution in [0.25, 0.3) is 11.1 Å². The molecule has 0 fully saturated rings. The van der Waals surface area contributed by atoms with Crippen LogP contribution >= 0.6 is 0 Å². The zero-order chi connectivity index (χ0) is 23.8. The largest absolute Gasteiger partial charge is 1.00 e. The maximum absolute atomic E-state index is 3.92. The van der Waals surface area contributed by atoms with E-state index < -0.39 is 0 Å². The third-order valence-corrected chi connectivity index (χ3v) is 6.27. The molecule has 0 N–H and O–H groups in total. The second-order valence-corrected chi connectivity index (χ2v) is 20.8. The van der Waals surface area contributed by atoms with Crippen LogP contribution in [0.3, 0.4) is 0 Å². The molecule has 0 aliphatic heterocycles. The van der Waals surface area contributed by atoms with Crippen molar-refractivity contribution in [3.05, 3.63) is 82.0 Å². The quantitative estimate of drug-likeness (QED) is 0.318. The van der Waals surface area contributed by atoms with Crippen molar-refractivity contribution in [2.75, 3.05) is 0 Å². The third kappa shape index (κ3) is 6.88. The fourth-order valence-electron chi connectivity index (χ4n) is 4.80. The molecule has 0 saturated carbocycles. The summed E-state index contributed by atoms with van der Waals surface area (Å²) in [6.07, 6.45) is 11.1. The molecule has 4 heteroatoms. The Balaban J connectivity index is 0.000000895. The molecule has 4 rings (SSSR count). The predicted octanol–water partition coefficient (Wildman–Crippen LogP) is 2.22. The van der Waals surface area contributed by atoms with Crippen molar-refractivity contribution < 1.29 is 48.1 Å². The van der Waals surface area contributed by atoms with Gasteiger partial charge in [-0.25, -0.2) is 0 Å². The average molecular weight is 590 g/mol. The molecular formula is C30H39Cl2SiZr-. The molecule has 0 radical (unpaired) electrons. The third-order valence-electron chi connectivity index (χ3n) is 6.27. The van der Waals surface area contributed by atoms with Gasteiger partial charge in [-0.3, -0.25) is 0 Å². The molecule has 0 nitrogen and oxygen atoms in total. The van der Waals surface area contributed by atoms with Gasteiger partial charge in [-0.1, -0.05) is 103 Å². The van der Waals surface area contributed by atoms with E-state index in [-0.39, 0.29) is 41.1 Å². The Morgan fingerprint density at radius 3 is 2.00 bits per heavy atom. The zero-order valence-corrected chi connectivity index (χ0v) is 27.3. The van der Waals surface area contributed by atoms with Gasteiger partial charge in [-0.2, -0.15) is 11.6 Å². The van der Waals surface area contributed by atoms with Crippen molar-refractivity contribution in [1.29, 1.82) is 0 Å². The first-order valence-electron chi connectivity index (χ1n) is 12.0. The first-order chi connectivity index (χ1) is 14.8. The van der Waals surface area contributed by atoms with E-state index >= 15 is 0 Å². The van der Waals surface area contributed by atoms with Crippen molar-refractivity contribution >= 4 is 5.43 Å². The van der Waals surface area contributed by atoms with Crippen LogP contribution in [0.5, 0.6) is 0 Å². The van der Waals surface area contributed by atoms with Gasteiger partial charge < -0.3 is 24.8 Å². The van der Waals surface area contributed by atoms with Gasteiger partial charge in [0.1, 0.15) is 0 Å². The molecule has 2 aromatic rings. The topological polar surface area (TPSA) is 0 Å².